The SMILES string of the molecule is C#[N+][C@@]12CCC(CCCCC(C)C)[C@@]1(C)CCC1[C@H]2CC=C2C[C@@H](OC(=O)CCC(N)=NCCOCCOCCOC(COCCCCCCCC/C=C\C/C=C\CCCCC)CN3CCCC3C)CC[C@@]21C. The number of nitrogens with two attached hydrogens (primary N) is 1. The van der Waals surface area contributed by atoms with Gasteiger partial charge in [0, 0.05) is 44.4 Å². The molecule has 0 bridgehead atoms. The molecule has 10 heteroatoms. The van der Waals surface area contributed by atoms with Crippen molar-refractivity contribution in [3.8, 4) is 6.57 Å². The highest BCUT2D eigenvalue weighted by molar-refractivity contribution is 5.84. The summed E-state index contributed by atoms with van der Waals surface area (Å²) in [5.74, 6) is 2.84. The standard InChI is InChI=1S/C63H109N4O6/c1-8-9-10-11-12-13-14-15-16-17-18-19-20-21-22-25-42-71-50-56(49-67-41-26-28-52(67)4)72-47-46-70-45-44-69-43-40-66-59(64)32-33-60(68)73-55-35-37-61(5)54(48-55)30-31-58-57(61)36-38-62(6)53(29-24-23-27-51(2)3)34-39-63(58,62)65-7/h7,12-13,15-16,30,51-53,55-58H,8-11,14,17-29,31-50H2,1-6H3,(H2,64,66)/q+1/b13-12-,16-15-/t52?,53?,55-,56?,57?,58+,61-,62+,63+/m0/s1. The fourth-order valence-electron chi connectivity index (χ4n) is 14.0. The lowest BCUT2D eigenvalue weighted by Gasteiger charge is -2.57. The highest BCUT2D eigenvalue weighted by atomic mass is 16.6. The second-order valence-corrected chi connectivity index (χ2v) is 24.1. The van der Waals surface area contributed by atoms with E-state index in [4.69, 9.17) is 40.8 Å². The quantitative estimate of drug-likeness (QED) is 0.0214. The van der Waals surface area contributed by atoms with Crippen molar-refractivity contribution in [2.24, 2.45) is 45.2 Å². The summed E-state index contributed by atoms with van der Waals surface area (Å²) >= 11 is 0. The molecule has 1 aliphatic heterocycles. The van der Waals surface area contributed by atoms with Gasteiger partial charge in [0.2, 0.25) is 0 Å². The Morgan fingerprint density at radius 2 is 1.58 bits per heavy atom. The lowest BCUT2D eigenvalue weighted by Crippen LogP contribution is -2.59. The number of fused-ring (bicyclic) bond motifs is 5. The number of likely N-dealkylation sites (tertiary alicyclic amines) is 1. The van der Waals surface area contributed by atoms with E-state index in [1.807, 2.05) is 0 Å². The van der Waals surface area contributed by atoms with Crippen LogP contribution in [0.2, 0.25) is 0 Å². The van der Waals surface area contributed by atoms with Crippen LogP contribution in [0.4, 0.5) is 0 Å². The Bertz CT molecular complexity index is 1720. The van der Waals surface area contributed by atoms with Crippen LogP contribution >= 0.6 is 0 Å². The van der Waals surface area contributed by atoms with Crippen molar-refractivity contribution in [2.75, 3.05) is 65.9 Å². The van der Waals surface area contributed by atoms with Gasteiger partial charge in [-0.3, -0.25) is 14.7 Å². The number of hydrogen-bond acceptors (Lipinski definition) is 8. The molecule has 10 nitrogen and oxygen atoms in total. The number of ether oxygens (including phenoxy) is 5. The Hall–Kier alpha value is -2.55. The van der Waals surface area contributed by atoms with Crippen LogP contribution in [0.5, 0.6) is 0 Å². The van der Waals surface area contributed by atoms with Crippen molar-refractivity contribution >= 4 is 11.8 Å². The minimum atomic E-state index is -0.189. The van der Waals surface area contributed by atoms with Gasteiger partial charge < -0.3 is 29.4 Å². The molecule has 416 valence electrons. The van der Waals surface area contributed by atoms with Gasteiger partial charge in [0.05, 0.1) is 70.0 Å². The van der Waals surface area contributed by atoms with E-state index in [2.05, 4.69) is 81.8 Å². The molecule has 2 N–H and O–H groups in total. The van der Waals surface area contributed by atoms with Crippen LogP contribution in [0.15, 0.2) is 40.9 Å². The molecular formula is C63H109N4O6+. The van der Waals surface area contributed by atoms with E-state index in [1.165, 1.54) is 128 Å². The molecule has 3 saturated carbocycles. The van der Waals surface area contributed by atoms with E-state index in [0.29, 0.717) is 76.3 Å². The van der Waals surface area contributed by atoms with E-state index in [-0.39, 0.29) is 41.0 Å². The zero-order chi connectivity index (χ0) is 52.2. The summed E-state index contributed by atoms with van der Waals surface area (Å²) in [4.78, 5) is 25.0. The number of hydrogen-bond donors (Lipinski definition) is 1. The number of unbranched alkanes of at least 4 members (excludes halogenated alkanes) is 10. The lowest BCUT2D eigenvalue weighted by atomic mass is 9.45. The van der Waals surface area contributed by atoms with Crippen molar-refractivity contribution in [3.05, 3.63) is 40.8 Å². The molecule has 5 rings (SSSR count). The van der Waals surface area contributed by atoms with Crippen molar-refractivity contribution in [3.63, 3.8) is 0 Å². The number of amidine groups is 1. The first-order valence-electron chi connectivity index (χ1n) is 30.4. The van der Waals surface area contributed by atoms with Gasteiger partial charge in [0.1, 0.15) is 6.10 Å². The zero-order valence-electron chi connectivity index (χ0n) is 47.7. The summed E-state index contributed by atoms with van der Waals surface area (Å²) in [5, 5.41) is 0. The van der Waals surface area contributed by atoms with Crippen LogP contribution in [-0.4, -0.2) is 106 Å². The van der Waals surface area contributed by atoms with Gasteiger partial charge in [-0.05, 0) is 133 Å². The fourth-order valence-corrected chi connectivity index (χ4v) is 14.0. The molecule has 1 heterocycles. The number of carbonyl (C=O) groups is 1. The van der Waals surface area contributed by atoms with Crippen molar-refractivity contribution in [2.45, 2.75) is 245 Å². The molecule has 4 aliphatic carbocycles. The minimum Gasteiger partial charge on any atom is -0.462 e. The van der Waals surface area contributed by atoms with Crippen LogP contribution in [0.25, 0.3) is 4.85 Å². The largest absolute Gasteiger partial charge is 0.462 e. The topological polar surface area (TPSA) is 109 Å². The molecule has 0 aromatic carbocycles. The number of rotatable bonds is 38. The van der Waals surface area contributed by atoms with E-state index < -0.39 is 0 Å². The monoisotopic (exact) mass is 1020 g/mol. The number of esters is 1. The van der Waals surface area contributed by atoms with Crippen molar-refractivity contribution in [1.29, 1.82) is 0 Å². The maximum absolute atomic E-state index is 13.1. The summed E-state index contributed by atoms with van der Waals surface area (Å²) < 4.78 is 30.2. The van der Waals surface area contributed by atoms with Gasteiger partial charge in [0.25, 0.3) is 12.1 Å². The smallest absolute Gasteiger partial charge is 0.306 e. The van der Waals surface area contributed by atoms with Gasteiger partial charge in [-0.1, -0.05) is 133 Å². The highest BCUT2D eigenvalue weighted by Gasteiger charge is 2.73. The minimum absolute atomic E-state index is 0.0476. The number of nitrogens with zero attached hydrogens (tertiary/aromatic N) is 3. The Morgan fingerprint density at radius 3 is 2.32 bits per heavy atom. The number of aliphatic imine (C=N–C) groups is 1. The van der Waals surface area contributed by atoms with E-state index in [0.717, 1.165) is 76.5 Å². The molecule has 1 saturated heterocycles. The first kappa shape index (κ1) is 61.3. The highest BCUT2D eigenvalue weighted by Crippen LogP contribution is 2.70. The first-order chi connectivity index (χ1) is 35.5. The molecule has 4 unspecified atom stereocenters. The second kappa shape index (κ2) is 33.6. The van der Waals surface area contributed by atoms with Crippen LogP contribution in [0, 0.1) is 41.1 Å². The molecule has 0 aromatic rings. The Kier molecular flexibility index (Phi) is 28.2. The van der Waals surface area contributed by atoms with Gasteiger partial charge >= 0.3 is 5.97 Å². The predicted molar refractivity (Wildman–Crippen MR) is 303 cm³/mol. The van der Waals surface area contributed by atoms with Crippen LogP contribution in [0.3, 0.4) is 0 Å². The summed E-state index contributed by atoms with van der Waals surface area (Å²) in [6.45, 7) is 27.2. The molecule has 5 aliphatic rings. The molecule has 9 atom stereocenters. The Morgan fingerprint density at radius 1 is 0.836 bits per heavy atom. The number of carbonyl (C=O) groups excluding carboxylic acids is 1. The van der Waals surface area contributed by atoms with Crippen LogP contribution < -0.4 is 5.73 Å². The van der Waals surface area contributed by atoms with Gasteiger partial charge in [-0.25, -0.2) is 0 Å². The van der Waals surface area contributed by atoms with Gasteiger partial charge in [-0.15, -0.1) is 0 Å². The zero-order valence-corrected chi connectivity index (χ0v) is 47.7. The molecule has 4 fully saturated rings. The summed E-state index contributed by atoms with van der Waals surface area (Å²) in [6, 6.07) is 0.599. The normalized spacial score (nSPS) is 28.9. The fraction of sp³-hybridized carbons (Fsp3) is 0.857. The molecule has 73 heavy (non-hydrogen) atoms. The van der Waals surface area contributed by atoms with Crippen molar-refractivity contribution < 1.29 is 28.5 Å². The summed E-state index contributed by atoms with van der Waals surface area (Å²) in [7, 11) is 0. The predicted octanol–water partition coefficient (Wildman–Crippen LogP) is 14.6. The van der Waals surface area contributed by atoms with Crippen LogP contribution in [0.1, 0.15) is 221 Å². The maximum Gasteiger partial charge on any atom is 0.306 e. The molecule has 0 aromatic heterocycles. The molecule has 0 spiro atoms. The average molecular weight is 1020 g/mol. The van der Waals surface area contributed by atoms with Crippen LogP contribution in [-0.2, 0) is 28.5 Å². The molecular weight excluding hydrogens is 909 g/mol. The lowest BCUT2D eigenvalue weighted by molar-refractivity contribution is -0.151. The average Bonchev–Trinajstić information content (AvgIpc) is 3.92. The molecule has 0 radical (unpaired) electrons. The van der Waals surface area contributed by atoms with E-state index in [9.17, 15) is 4.79 Å². The van der Waals surface area contributed by atoms with Crippen molar-refractivity contribution in [1.82, 2.24) is 4.90 Å². The maximum atomic E-state index is 13.1. The first-order valence-corrected chi connectivity index (χ1v) is 30.4. The molecule has 0 amide bonds. The summed E-state index contributed by atoms with van der Waals surface area (Å²) in [5.41, 5.74) is 7.90. The Labute approximate surface area is 447 Å². The Balaban J connectivity index is 0.878. The van der Waals surface area contributed by atoms with E-state index >= 15 is 0 Å². The number of allylic oxidation sites excluding steroid dienone is 5. The van der Waals surface area contributed by atoms with E-state index in [1.54, 1.807) is 0 Å². The van der Waals surface area contributed by atoms with Gasteiger partial charge in [0.15, 0.2) is 0 Å². The summed E-state index contributed by atoms with van der Waals surface area (Å²) in [6.07, 6.45) is 43.9. The third kappa shape index (κ3) is 19.5. The third-order valence-corrected chi connectivity index (χ3v) is 18.6. The third-order valence-electron chi connectivity index (χ3n) is 18.6. The van der Waals surface area contributed by atoms with Gasteiger partial charge in [-0.2, -0.15) is 0 Å². The second-order valence-electron chi connectivity index (χ2n) is 24.1.